The molecule has 2 aromatic rings. The van der Waals surface area contributed by atoms with Gasteiger partial charge in [0.1, 0.15) is 0 Å². The van der Waals surface area contributed by atoms with Gasteiger partial charge in [0, 0.05) is 32.5 Å². The SMILES string of the molecule is CCOCCOCCOCCc1ccc(-c2ccc(C)s2)s1. The fourth-order valence-electron chi connectivity index (χ4n) is 1.97. The van der Waals surface area contributed by atoms with Crippen LogP contribution >= 0.6 is 22.7 Å². The van der Waals surface area contributed by atoms with Gasteiger partial charge in [0.2, 0.25) is 0 Å². The first-order valence-corrected chi connectivity index (χ1v) is 9.31. The molecule has 122 valence electrons. The number of hydrogen-bond acceptors (Lipinski definition) is 5. The summed E-state index contributed by atoms with van der Waals surface area (Å²) in [5.41, 5.74) is 0. The Kier molecular flexibility index (Phi) is 8.12. The van der Waals surface area contributed by atoms with E-state index < -0.39 is 0 Å². The zero-order valence-corrected chi connectivity index (χ0v) is 14.9. The zero-order valence-electron chi connectivity index (χ0n) is 13.3. The van der Waals surface area contributed by atoms with Crippen molar-refractivity contribution >= 4 is 22.7 Å². The van der Waals surface area contributed by atoms with Crippen LogP contribution in [0.3, 0.4) is 0 Å². The van der Waals surface area contributed by atoms with E-state index in [1.807, 2.05) is 29.6 Å². The molecule has 22 heavy (non-hydrogen) atoms. The predicted molar refractivity (Wildman–Crippen MR) is 94.2 cm³/mol. The molecule has 0 radical (unpaired) electrons. The van der Waals surface area contributed by atoms with Crippen molar-refractivity contribution in [2.24, 2.45) is 0 Å². The first-order valence-electron chi connectivity index (χ1n) is 7.68. The van der Waals surface area contributed by atoms with Crippen LogP contribution in [0, 0.1) is 6.92 Å². The second kappa shape index (κ2) is 10.1. The van der Waals surface area contributed by atoms with Crippen molar-refractivity contribution in [3.63, 3.8) is 0 Å². The summed E-state index contributed by atoms with van der Waals surface area (Å²) in [4.78, 5) is 5.45. The summed E-state index contributed by atoms with van der Waals surface area (Å²) in [6.07, 6.45) is 0.966. The number of thiophene rings is 2. The van der Waals surface area contributed by atoms with E-state index in [4.69, 9.17) is 14.2 Å². The number of rotatable bonds is 11. The van der Waals surface area contributed by atoms with Gasteiger partial charge in [-0.2, -0.15) is 0 Å². The highest BCUT2D eigenvalue weighted by molar-refractivity contribution is 7.22. The van der Waals surface area contributed by atoms with Crippen LogP contribution in [0.15, 0.2) is 24.3 Å². The highest BCUT2D eigenvalue weighted by Crippen LogP contribution is 2.33. The van der Waals surface area contributed by atoms with E-state index in [9.17, 15) is 0 Å². The predicted octanol–water partition coefficient (Wildman–Crippen LogP) is 4.40. The molecule has 0 saturated heterocycles. The Bertz CT molecular complexity index is 534. The molecule has 0 amide bonds. The van der Waals surface area contributed by atoms with Crippen molar-refractivity contribution in [3.05, 3.63) is 34.0 Å². The van der Waals surface area contributed by atoms with Crippen LogP contribution in [0.25, 0.3) is 9.75 Å². The van der Waals surface area contributed by atoms with Gasteiger partial charge < -0.3 is 14.2 Å². The van der Waals surface area contributed by atoms with Crippen molar-refractivity contribution < 1.29 is 14.2 Å². The van der Waals surface area contributed by atoms with E-state index in [0.29, 0.717) is 26.4 Å². The highest BCUT2D eigenvalue weighted by atomic mass is 32.1. The maximum absolute atomic E-state index is 5.61. The van der Waals surface area contributed by atoms with E-state index in [2.05, 4.69) is 31.2 Å². The lowest BCUT2D eigenvalue weighted by Crippen LogP contribution is -2.10. The minimum absolute atomic E-state index is 0.636. The molecule has 0 aromatic carbocycles. The Hall–Kier alpha value is -0.720. The molecule has 5 heteroatoms. The largest absolute Gasteiger partial charge is 0.379 e. The molecule has 0 aliphatic rings. The molecule has 0 unspecified atom stereocenters. The average Bonchev–Trinajstić information content (AvgIpc) is 3.14. The van der Waals surface area contributed by atoms with Gasteiger partial charge in [-0.3, -0.25) is 0 Å². The molecule has 0 fully saturated rings. The van der Waals surface area contributed by atoms with Gasteiger partial charge in [-0.25, -0.2) is 0 Å². The fourth-order valence-corrected chi connectivity index (χ4v) is 3.91. The maximum Gasteiger partial charge on any atom is 0.0701 e. The first kappa shape index (κ1) is 17.6. The molecule has 0 aliphatic heterocycles. The van der Waals surface area contributed by atoms with Crippen molar-refractivity contribution in [2.45, 2.75) is 20.3 Å². The second-order valence-electron chi connectivity index (χ2n) is 4.85. The monoisotopic (exact) mass is 340 g/mol. The molecular formula is C17H24O3S2. The Morgan fingerprint density at radius 1 is 0.773 bits per heavy atom. The van der Waals surface area contributed by atoms with Gasteiger partial charge in [-0.05, 0) is 38.1 Å². The third-order valence-corrected chi connectivity index (χ3v) is 5.43. The van der Waals surface area contributed by atoms with E-state index in [1.54, 1.807) is 0 Å². The molecule has 0 aliphatic carbocycles. The quantitative estimate of drug-likeness (QED) is 0.568. The summed E-state index contributed by atoms with van der Waals surface area (Å²) >= 11 is 3.71. The molecule has 0 spiro atoms. The van der Waals surface area contributed by atoms with Gasteiger partial charge in [0.15, 0.2) is 0 Å². The van der Waals surface area contributed by atoms with Gasteiger partial charge in [-0.1, -0.05) is 0 Å². The van der Waals surface area contributed by atoms with Crippen LogP contribution in [-0.2, 0) is 20.6 Å². The van der Waals surface area contributed by atoms with Gasteiger partial charge in [0.25, 0.3) is 0 Å². The summed E-state index contributed by atoms with van der Waals surface area (Å²) < 4.78 is 16.2. The number of hydrogen-bond donors (Lipinski definition) is 0. The van der Waals surface area contributed by atoms with Gasteiger partial charge in [0.05, 0.1) is 33.0 Å². The highest BCUT2D eigenvalue weighted by Gasteiger charge is 2.05. The third-order valence-electron chi connectivity index (χ3n) is 3.09. The lowest BCUT2D eigenvalue weighted by molar-refractivity contribution is 0.0176. The summed E-state index contributed by atoms with van der Waals surface area (Å²) in [6.45, 7) is 8.21. The Morgan fingerprint density at radius 2 is 1.41 bits per heavy atom. The second-order valence-corrected chi connectivity index (χ2v) is 7.30. The van der Waals surface area contributed by atoms with E-state index in [1.165, 1.54) is 19.5 Å². The van der Waals surface area contributed by atoms with E-state index in [-0.39, 0.29) is 0 Å². The van der Waals surface area contributed by atoms with Crippen molar-refractivity contribution in [2.75, 3.05) is 39.6 Å². The maximum atomic E-state index is 5.61. The van der Waals surface area contributed by atoms with Crippen LogP contribution in [0.1, 0.15) is 16.7 Å². The Morgan fingerprint density at radius 3 is 2.09 bits per heavy atom. The molecule has 0 atom stereocenters. The molecule has 3 nitrogen and oxygen atoms in total. The third kappa shape index (κ3) is 6.18. The smallest absolute Gasteiger partial charge is 0.0701 e. The molecule has 2 heterocycles. The van der Waals surface area contributed by atoms with Gasteiger partial charge in [-0.15, -0.1) is 22.7 Å². The summed E-state index contributed by atoms with van der Waals surface area (Å²) in [5, 5.41) is 0. The van der Waals surface area contributed by atoms with Crippen molar-refractivity contribution in [1.29, 1.82) is 0 Å². The topological polar surface area (TPSA) is 27.7 Å². The minimum atomic E-state index is 0.636. The van der Waals surface area contributed by atoms with E-state index in [0.717, 1.165) is 19.6 Å². The average molecular weight is 341 g/mol. The first-order chi connectivity index (χ1) is 10.8. The molecule has 0 saturated carbocycles. The standard InChI is InChI=1S/C17H24O3S2/c1-3-18-10-11-20-13-12-19-9-8-15-5-7-17(22-15)16-6-4-14(2)21-16/h4-7H,3,8-13H2,1-2H3. The van der Waals surface area contributed by atoms with Crippen LogP contribution < -0.4 is 0 Å². The molecule has 0 bridgehead atoms. The lowest BCUT2D eigenvalue weighted by atomic mass is 10.3. The van der Waals surface area contributed by atoms with E-state index >= 15 is 0 Å². The number of ether oxygens (including phenoxy) is 3. The summed E-state index contributed by atoms with van der Waals surface area (Å²) in [5.74, 6) is 0. The Balaban J connectivity index is 1.57. The van der Waals surface area contributed by atoms with Crippen LogP contribution in [0.5, 0.6) is 0 Å². The van der Waals surface area contributed by atoms with Gasteiger partial charge >= 0.3 is 0 Å². The summed E-state index contributed by atoms with van der Waals surface area (Å²) in [6, 6.07) is 8.79. The van der Waals surface area contributed by atoms with Crippen molar-refractivity contribution in [1.82, 2.24) is 0 Å². The normalized spacial score (nSPS) is 11.2. The molecule has 2 rings (SSSR count). The molecule has 0 N–H and O–H groups in total. The summed E-state index contributed by atoms with van der Waals surface area (Å²) in [7, 11) is 0. The molecular weight excluding hydrogens is 316 g/mol. The number of aryl methyl sites for hydroxylation is 1. The van der Waals surface area contributed by atoms with Crippen LogP contribution in [0.2, 0.25) is 0 Å². The zero-order chi connectivity index (χ0) is 15.6. The minimum Gasteiger partial charge on any atom is -0.379 e. The van der Waals surface area contributed by atoms with Crippen molar-refractivity contribution in [3.8, 4) is 9.75 Å². The fraction of sp³-hybridized carbons (Fsp3) is 0.529. The Labute approximate surface area is 140 Å². The van der Waals surface area contributed by atoms with Crippen LogP contribution in [0.4, 0.5) is 0 Å². The molecule has 2 aromatic heterocycles. The lowest BCUT2D eigenvalue weighted by Gasteiger charge is -2.05. The van der Waals surface area contributed by atoms with Crippen LogP contribution in [-0.4, -0.2) is 39.6 Å².